The number of piperidine rings is 2. The molecule has 0 saturated carbocycles. The molecule has 2 amide bonds. The Labute approximate surface area is 203 Å². The highest BCUT2D eigenvalue weighted by Gasteiger charge is 2.33. The Hall–Kier alpha value is -3.32. The number of sulfonamides is 1. The zero-order valence-electron chi connectivity index (χ0n) is 19.4. The number of carbonyl (C=O) groups is 2. The lowest BCUT2D eigenvalue weighted by Gasteiger charge is -2.30. The van der Waals surface area contributed by atoms with E-state index in [0.29, 0.717) is 37.3 Å². The number of nitro benzene ring substituents is 1. The fourth-order valence-corrected chi connectivity index (χ4v) is 5.98. The summed E-state index contributed by atoms with van der Waals surface area (Å²) in [7, 11) is -2.16. The lowest BCUT2D eigenvalue weighted by atomic mass is 9.97. The summed E-state index contributed by atoms with van der Waals surface area (Å²) in [5.74, 6) is -0.862. The van der Waals surface area contributed by atoms with Gasteiger partial charge >= 0.3 is 0 Å². The van der Waals surface area contributed by atoms with Gasteiger partial charge in [0.05, 0.1) is 21.7 Å². The van der Waals surface area contributed by atoms with Gasteiger partial charge in [-0.05, 0) is 44.2 Å². The number of aromatic nitrogens is 2. The average molecular weight is 505 g/mol. The number of aryl methyl sites for hydroxylation is 1. The Morgan fingerprint density at radius 2 is 1.69 bits per heavy atom. The largest absolute Gasteiger partial charge is 0.337 e. The third kappa shape index (κ3) is 5.20. The number of nitro groups is 1. The third-order valence-electron chi connectivity index (χ3n) is 6.55. The van der Waals surface area contributed by atoms with E-state index in [1.54, 1.807) is 11.9 Å². The van der Waals surface area contributed by atoms with Crippen LogP contribution in [0.4, 0.5) is 11.4 Å². The van der Waals surface area contributed by atoms with E-state index in [-0.39, 0.29) is 35.5 Å². The van der Waals surface area contributed by atoms with Crippen LogP contribution in [0.15, 0.2) is 35.4 Å². The second-order valence-electron chi connectivity index (χ2n) is 8.80. The molecule has 1 aromatic carbocycles. The minimum absolute atomic E-state index is 0.0257. The van der Waals surface area contributed by atoms with Crippen LogP contribution in [0, 0.1) is 16.0 Å². The maximum absolute atomic E-state index is 13.0. The van der Waals surface area contributed by atoms with E-state index in [2.05, 4.69) is 10.4 Å². The van der Waals surface area contributed by atoms with Crippen LogP contribution >= 0.6 is 0 Å². The smallest absolute Gasteiger partial charge is 0.274 e. The number of amides is 2. The Morgan fingerprint density at radius 3 is 2.29 bits per heavy atom. The molecule has 2 fully saturated rings. The predicted molar refractivity (Wildman–Crippen MR) is 126 cm³/mol. The van der Waals surface area contributed by atoms with Crippen LogP contribution in [-0.4, -0.2) is 70.3 Å². The van der Waals surface area contributed by atoms with Crippen LogP contribution in [0.2, 0.25) is 0 Å². The first-order valence-electron chi connectivity index (χ1n) is 11.5. The van der Waals surface area contributed by atoms with Crippen LogP contribution in [-0.2, 0) is 21.9 Å². The Bertz CT molecular complexity index is 1210. The van der Waals surface area contributed by atoms with Crippen LogP contribution < -0.4 is 5.32 Å². The first-order chi connectivity index (χ1) is 16.7. The van der Waals surface area contributed by atoms with E-state index in [1.165, 1.54) is 27.3 Å². The number of nitrogens with zero attached hydrogens (tertiary/aromatic N) is 5. The predicted octanol–water partition coefficient (Wildman–Crippen LogP) is 1.99. The number of carbonyl (C=O) groups excluding carboxylic acids is 2. The maximum Gasteiger partial charge on any atom is 0.274 e. The molecule has 13 heteroatoms. The van der Waals surface area contributed by atoms with Crippen molar-refractivity contribution < 1.29 is 22.9 Å². The molecule has 2 aliphatic rings. The first-order valence-corrected chi connectivity index (χ1v) is 13.0. The molecule has 0 aliphatic carbocycles. The van der Waals surface area contributed by atoms with Gasteiger partial charge in [0.2, 0.25) is 15.9 Å². The van der Waals surface area contributed by atoms with Crippen molar-refractivity contribution in [2.45, 2.75) is 37.0 Å². The quantitative estimate of drug-likeness (QED) is 0.467. The molecule has 0 unspecified atom stereocenters. The molecule has 1 N–H and O–H groups in total. The van der Waals surface area contributed by atoms with Gasteiger partial charge in [-0.1, -0.05) is 0 Å². The fourth-order valence-electron chi connectivity index (χ4n) is 4.51. The molecule has 0 spiro atoms. The highest BCUT2D eigenvalue weighted by molar-refractivity contribution is 7.89. The zero-order valence-corrected chi connectivity index (χ0v) is 20.2. The van der Waals surface area contributed by atoms with Crippen molar-refractivity contribution in [3.63, 3.8) is 0 Å². The Balaban J connectivity index is 1.38. The summed E-state index contributed by atoms with van der Waals surface area (Å²) in [4.78, 5) is 37.9. The van der Waals surface area contributed by atoms with Gasteiger partial charge in [-0.15, -0.1) is 0 Å². The molecular formula is C22H28N6O6S. The molecule has 12 nitrogen and oxygen atoms in total. The zero-order chi connectivity index (χ0) is 25.2. The van der Waals surface area contributed by atoms with Crippen LogP contribution in [0.25, 0.3) is 0 Å². The Morgan fingerprint density at radius 1 is 1.06 bits per heavy atom. The van der Waals surface area contributed by atoms with Crippen molar-refractivity contribution in [1.82, 2.24) is 19.0 Å². The molecule has 2 aliphatic heterocycles. The summed E-state index contributed by atoms with van der Waals surface area (Å²) in [6.45, 7) is 1.65. The monoisotopic (exact) mass is 504 g/mol. The van der Waals surface area contributed by atoms with Crippen molar-refractivity contribution in [1.29, 1.82) is 0 Å². The minimum Gasteiger partial charge on any atom is -0.337 e. The van der Waals surface area contributed by atoms with E-state index >= 15 is 0 Å². The summed E-state index contributed by atoms with van der Waals surface area (Å²) in [6, 6.07) is 4.75. The average Bonchev–Trinajstić information content (AvgIpc) is 3.23. The highest BCUT2D eigenvalue weighted by atomic mass is 32.2. The van der Waals surface area contributed by atoms with Gasteiger partial charge in [0.25, 0.3) is 11.6 Å². The van der Waals surface area contributed by atoms with Gasteiger partial charge < -0.3 is 10.2 Å². The van der Waals surface area contributed by atoms with E-state index in [1.807, 2.05) is 0 Å². The molecule has 188 valence electrons. The van der Waals surface area contributed by atoms with Crippen molar-refractivity contribution >= 4 is 33.2 Å². The second kappa shape index (κ2) is 10.1. The SMILES string of the molecule is Cn1ncc(NC(=O)C2CCN(S(=O)(=O)c3ccc([N+](=O)[O-])cc3)CC2)c1C(=O)N1CCCCC1. The minimum atomic E-state index is -3.82. The lowest BCUT2D eigenvalue weighted by Crippen LogP contribution is -2.41. The van der Waals surface area contributed by atoms with Crippen molar-refractivity contribution in [2.75, 3.05) is 31.5 Å². The number of non-ortho nitro benzene ring substituents is 1. The van der Waals surface area contributed by atoms with E-state index in [0.717, 1.165) is 31.4 Å². The topological polar surface area (TPSA) is 148 Å². The molecule has 0 atom stereocenters. The first kappa shape index (κ1) is 24.8. The third-order valence-corrected chi connectivity index (χ3v) is 8.47. The summed E-state index contributed by atoms with van der Waals surface area (Å²) < 4.78 is 28.6. The van der Waals surface area contributed by atoms with Crippen LogP contribution in [0.3, 0.4) is 0 Å². The number of anilines is 1. The molecule has 4 rings (SSSR count). The molecule has 0 bridgehead atoms. The molecule has 35 heavy (non-hydrogen) atoms. The summed E-state index contributed by atoms with van der Waals surface area (Å²) in [6.07, 6.45) is 5.08. The molecule has 3 heterocycles. The van der Waals surface area contributed by atoms with Gasteiger partial charge in [-0.2, -0.15) is 9.40 Å². The number of hydrogen-bond donors (Lipinski definition) is 1. The number of likely N-dealkylation sites (tertiary alicyclic amines) is 1. The van der Waals surface area contributed by atoms with E-state index in [4.69, 9.17) is 0 Å². The normalized spacial score (nSPS) is 17.8. The molecule has 2 aromatic rings. The Kier molecular flexibility index (Phi) is 7.17. The number of benzene rings is 1. The second-order valence-corrected chi connectivity index (χ2v) is 10.7. The molecule has 1 aromatic heterocycles. The standard InChI is InChI=1S/C22H28N6O6S/c1-25-20(22(30)26-11-3-2-4-12-26)19(15-23-25)24-21(29)16-9-13-27(14-10-16)35(33,34)18-7-5-17(6-8-18)28(31)32/h5-8,15-16H,2-4,9-14H2,1H3,(H,24,29). The van der Waals surface area contributed by atoms with Crippen LogP contribution in [0.5, 0.6) is 0 Å². The van der Waals surface area contributed by atoms with Gasteiger partial charge in [-0.25, -0.2) is 8.42 Å². The van der Waals surface area contributed by atoms with Crippen molar-refractivity contribution in [2.24, 2.45) is 13.0 Å². The van der Waals surface area contributed by atoms with Gasteiger partial charge in [-0.3, -0.25) is 24.4 Å². The summed E-state index contributed by atoms with van der Waals surface area (Å²) in [5.41, 5.74) is 0.500. The number of nitrogens with one attached hydrogen (secondary N) is 1. The van der Waals surface area contributed by atoms with Gasteiger partial charge in [0.15, 0.2) is 0 Å². The highest BCUT2D eigenvalue weighted by Crippen LogP contribution is 2.27. The summed E-state index contributed by atoms with van der Waals surface area (Å²) >= 11 is 0. The number of hydrogen-bond acceptors (Lipinski definition) is 7. The summed E-state index contributed by atoms with van der Waals surface area (Å²) in [5, 5.41) is 17.8. The fraction of sp³-hybridized carbons (Fsp3) is 0.500. The van der Waals surface area contributed by atoms with Crippen molar-refractivity contribution in [3.05, 3.63) is 46.3 Å². The van der Waals surface area contributed by atoms with Gasteiger partial charge in [0, 0.05) is 51.3 Å². The molecular weight excluding hydrogens is 476 g/mol. The molecule has 0 radical (unpaired) electrons. The van der Waals surface area contributed by atoms with Crippen molar-refractivity contribution in [3.8, 4) is 0 Å². The van der Waals surface area contributed by atoms with E-state index < -0.39 is 20.9 Å². The maximum atomic E-state index is 13.0. The van der Waals surface area contributed by atoms with E-state index in [9.17, 15) is 28.1 Å². The lowest BCUT2D eigenvalue weighted by molar-refractivity contribution is -0.384. The molecule has 2 saturated heterocycles. The number of rotatable bonds is 6. The van der Waals surface area contributed by atoms with Gasteiger partial charge in [0.1, 0.15) is 5.69 Å². The van der Waals surface area contributed by atoms with Crippen LogP contribution in [0.1, 0.15) is 42.6 Å².